The van der Waals surface area contributed by atoms with Gasteiger partial charge in [-0.05, 0) is 52.0 Å². The van der Waals surface area contributed by atoms with Crippen molar-refractivity contribution in [1.82, 2.24) is 9.97 Å². The summed E-state index contributed by atoms with van der Waals surface area (Å²) in [6.45, 7) is 2.08. The molecule has 2 heterocycles. The second-order valence-corrected chi connectivity index (χ2v) is 5.47. The highest BCUT2D eigenvalue weighted by Crippen LogP contribution is 2.32. The highest BCUT2D eigenvalue weighted by atomic mass is 79.9. The monoisotopic (exact) mass is 292 g/mol. The summed E-state index contributed by atoms with van der Waals surface area (Å²) in [4.78, 5) is 9.08. The Balaban J connectivity index is 2.23. The van der Waals surface area contributed by atoms with Crippen LogP contribution in [0, 0.1) is 6.92 Å². The van der Waals surface area contributed by atoms with Gasteiger partial charge in [0.25, 0.3) is 0 Å². The van der Waals surface area contributed by atoms with Crippen molar-refractivity contribution in [2.24, 2.45) is 0 Å². The number of hydrogen-bond donors (Lipinski definition) is 1. The number of thiophene rings is 1. The molecule has 3 aromatic rings. The smallest absolute Gasteiger partial charge is 0.149 e. The number of imidazole rings is 1. The zero-order valence-electron chi connectivity index (χ0n) is 8.62. The average Bonchev–Trinajstić information content (AvgIpc) is 2.82. The third-order valence-corrected chi connectivity index (χ3v) is 4.31. The van der Waals surface area contributed by atoms with Crippen LogP contribution in [0.2, 0.25) is 0 Å². The van der Waals surface area contributed by atoms with Crippen LogP contribution in [0.4, 0.5) is 0 Å². The van der Waals surface area contributed by atoms with E-state index in [0.29, 0.717) is 0 Å². The molecule has 0 radical (unpaired) electrons. The van der Waals surface area contributed by atoms with E-state index in [2.05, 4.69) is 50.3 Å². The summed E-state index contributed by atoms with van der Waals surface area (Å²) in [7, 11) is 0. The van der Waals surface area contributed by atoms with E-state index in [-0.39, 0.29) is 0 Å². The van der Waals surface area contributed by atoms with Crippen molar-refractivity contribution >= 4 is 38.3 Å². The maximum atomic E-state index is 4.58. The third kappa shape index (κ3) is 1.58. The van der Waals surface area contributed by atoms with Crippen LogP contribution < -0.4 is 0 Å². The Morgan fingerprint density at radius 3 is 2.94 bits per heavy atom. The lowest BCUT2D eigenvalue weighted by molar-refractivity contribution is 1.35. The van der Waals surface area contributed by atoms with Crippen molar-refractivity contribution < 1.29 is 0 Å². The van der Waals surface area contributed by atoms with Crippen LogP contribution in [-0.4, -0.2) is 9.97 Å². The number of nitrogens with one attached hydrogen (secondary N) is 1. The van der Waals surface area contributed by atoms with Gasteiger partial charge in [-0.1, -0.05) is 6.07 Å². The first-order chi connectivity index (χ1) is 7.74. The Morgan fingerprint density at radius 2 is 2.19 bits per heavy atom. The molecule has 0 unspecified atom stereocenters. The van der Waals surface area contributed by atoms with Gasteiger partial charge in [-0.2, -0.15) is 0 Å². The number of aromatic amines is 1. The number of benzene rings is 1. The predicted octanol–water partition coefficient (Wildman–Crippen LogP) is 4.36. The van der Waals surface area contributed by atoms with E-state index in [1.807, 2.05) is 12.1 Å². The van der Waals surface area contributed by atoms with E-state index >= 15 is 0 Å². The second kappa shape index (κ2) is 3.71. The van der Waals surface area contributed by atoms with Crippen molar-refractivity contribution in [3.8, 4) is 10.7 Å². The van der Waals surface area contributed by atoms with E-state index in [4.69, 9.17) is 0 Å². The molecule has 0 aliphatic rings. The Hall–Kier alpha value is -1.13. The number of aryl methyl sites for hydroxylation is 1. The standard InChI is InChI=1S/C12H9BrN2S/c1-7-2-3-9-10(6-7)15-12(14-9)11-8(13)4-5-16-11/h2-6H,1H3,(H,14,15). The van der Waals surface area contributed by atoms with Gasteiger partial charge in [0, 0.05) is 4.47 Å². The van der Waals surface area contributed by atoms with Gasteiger partial charge in [-0.25, -0.2) is 4.98 Å². The van der Waals surface area contributed by atoms with Crippen LogP contribution in [0.3, 0.4) is 0 Å². The SMILES string of the molecule is Cc1ccc2nc(-c3sccc3Br)[nH]c2c1. The fourth-order valence-electron chi connectivity index (χ4n) is 1.69. The van der Waals surface area contributed by atoms with E-state index in [0.717, 1.165) is 26.2 Å². The number of fused-ring (bicyclic) bond motifs is 1. The summed E-state index contributed by atoms with van der Waals surface area (Å²) < 4.78 is 1.09. The number of nitrogens with zero attached hydrogens (tertiary/aromatic N) is 1. The van der Waals surface area contributed by atoms with Crippen LogP contribution >= 0.6 is 27.3 Å². The minimum Gasteiger partial charge on any atom is -0.337 e. The van der Waals surface area contributed by atoms with Crippen molar-refractivity contribution in [3.63, 3.8) is 0 Å². The second-order valence-electron chi connectivity index (χ2n) is 3.70. The number of aromatic nitrogens is 2. The zero-order valence-corrected chi connectivity index (χ0v) is 11.0. The summed E-state index contributed by atoms with van der Waals surface area (Å²) in [5.74, 6) is 0.933. The molecule has 16 heavy (non-hydrogen) atoms. The lowest BCUT2D eigenvalue weighted by Gasteiger charge is -1.90. The first-order valence-corrected chi connectivity index (χ1v) is 6.61. The quantitative estimate of drug-likeness (QED) is 0.709. The fourth-order valence-corrected chi connectivity index (χ4v) is 3.20. The Morgan fingerprint density at radius 1 is 1.31 bits per heavy atom. The van der Waals surface area contributed by atoms with E-state index in [9.17, 15) is 0 Å². The minimum absolute atomic E-state index is 0.933. The lowest BCUT2D eigenvalue weighted by atomic mass is 10.2. The summed E-state index contributed by atoms with van der Waals surface area (Å²) >= 11 is 5.21. The Bertz CT molecular complexity index is 654. The molecule has 0 spiro atoms. The summed E-state index contributed by atoms with van der Waals surface area (Å²) in [6.07, 6.45) is 0. The van der Waals surface area contributed by atoms with Gasteiger partial charge in [-0.15, -0.1) is 11.3 Å². The maximum Gasteiger partial charge on any atom is 0.149 e. The van der Waals surface area contributed by atoms with E-state index in [1.165, 1.54) is 5.56 Å². The van der Waals surface area contributed by atoms with Gasteiger partial charge in [0.2, 0.25) is 0 Å². The van der Waals surface area contributed by atoms with E-state index in [1.54, 1.807) is 11.3 Å². The normalized spacial score (nSPS) is 11.1. The van der Waals surface area contributed by atoms with Gasteiger partial charge >= 0.3 is 0 Å². The number of halogens is 1. The van der Waals surface area contributed by atoms with Gasteiger partial charge in [0.1, 0.15) is 5.82 Å². The zero-order chi connectivity index (χ0) is 11.1. The molecule has 0 amide bonds. The third-order valence-electron chi connectivity index (χ3n) is 2.47. The number of H-pyrrole nitrogens is 1. The van der Waals surface area contributed by atoms with E-state index < -0.39 is 0 Å². The highest BCUT2D eigenvalue weighted by molar-refractivity contribution is 9.10. The van der Waals surface area contributed by atoms with Crippen molar-refractivity contribution in [3.05, 3.63) is 39.7 Å². The Kier molecular flexibility index (Phi) is 2.33. The molecule has 4 heteroatoms. The molecule has 3 rings (SSSR count). The molecular weight excluding hydrogens is 284 g/mol. The summed E-state index contributed by atoms with van der Waals surface area (Å²) in [6, 6.07) is 8.29. The minimum atomic E-state index is 0.933. The molecule has 2 nitrogen and oxygen atoms in total. The van der Waals surface area contributed by atoms with Gasteiger partial charge in [0.15, 0.2) is 0 Å². The fraction of sp³-hybridized carbons (Fsp3) is 0.0833. The number of rotatable bonds is 1. The molecule has 0 aliphatic carbocycles. The van der Waals surface area contributed by atoms with Crippen LogP contribution in [-0.2, 0) is 0 Å². The Labute approximate surface area is 105 Å². The van der Waals surface area contributed by atoms with Crippen molar-refractivity contribution in [1.29, 1.82) is 0 Å². The molecule has 0 aliphatic heterocycles. The van der Waals surface area contributed by atoms with Crippen LogP contribution in [0.5, 0.6) is 0 Å². The molecule has 2 aromatic heterocycles. The van der Waals surface area contributed by atoms with Crippen LogP contribution in [0.15, 0.2) is 34.1 Å². The van der Waals surface area contributed by atoms with Gasteiger partial charge in [0.05, 0.1) is 15.9 Å². The van der Waals surface area contributed by atoms with Gasteiger partial charge in [-0.3, -0.25) is 0 Å². The van der Waals surface area contributed by atoms with Crippen LogP contribution in [0.25, 0.3) is 21.7 Å². The van der Waals surface area contributed by atoms with Crippen molar-refractivity contribution in [2.75, 3.05) is 0 Å². The molecule has 0 bridgehead atoms. The van der Waals surface area contributed by atoms with Gasteiger partial charge < -0.3 is 4.98 Å². The summed E-state index contributed by atoms with van der Waals surface area (Å²) in [5.41, 5.74) is 3.35. The lowest BCUT2D eigenvalue weighted by Crippen LogP contribution is -1.74. The maximum absolute atomic E-state index is 4.58. The molecule has 0 saturated heterocycles. The number of hydrogen-bond acceptors (Lipinski definition) is 2. The largest absolute Gasteiger partial charge is 0.337 e. The van der Waals surface area contributed by atoms with Crippen molar-refractivity contribution in [2.45, 2.75) is 6.92 Å². The average molecular weight is 293 g/mol. The first kappa shape index (κ1) is 10.1. The summed E-state index contributed by atoms with van der Waals surface area (Å²) in [5, 5.41) is 2.05. The highest BCUT2D eigenvalue weighted by Gasteiger charge is 2.09. The molecule has 80 valence electrons. The molecule has 1 N–H and O–H groups in total. The molecule has 0 atom stereocenters. The van der Waals surface area contributed by atoms with Crippen LogP contribution in [0.1, 0.15) is 5.56 Å². The molecule has 0 fully saturated rings. The predicted molar refractivity (Wildman–Crippen MR) is 71.8 cm³/mol. The topological polar surface area (TPSA) is 28.7 Å². The molecule has 0 saturated carbocycles. The molecule has 1 aromatic carbocycles. The molecular formula is C12H9BrN2S. The first-order valence-electron chi connectivity index (χ1n) is 4.94.